The molecule has 0 fully saturated rings. The summed E-state index contributed by atoms with van der Waals surface area (Å²) in [7, 11) is 3.04. The number of rotatable bonds is 4. The van der Waals surface area contributed by atoms with Crippen LogP contribution < -0.4 is 14.2 Å². The van der Waals surface area contributed by atoms with Gasteiger partial charge in [0.1, 0.15) is 0 Å². The number of carbonyl (C=O) groups is 1. The lowest BCUT2D eigenvalue weighted by Crippen LogP contribution is -2.10. The van der Waals surface area contributed by atoms with Crippen LogP contribution in [0.1, 0.15) is 6.92 Å². The van der Waals surface area contributed by atoms with E-state index < -0.39 is 5.97 Å². The summed E-state index contributed by atoms with van der Waals surface area (Å²) in [5, 5.41) is 1.68. The third-order valence-corrected chi connectivity index (χ3v) is 2.89. The predicted molar refractivity (Wildman–Crippen MR) is 77.5 cm³/mol. The molecule has 104 valence electrons. The summed E-state index contributed by atoms with van der Waals surface area (Å²) in [6.07, 6.45) is 0. The van der Waals surface area contributed by atoms with Crippen molar-refractivity contribution in [2.45, 2.75) is 6.92 Å². The van der Waals surface area contributed by atoms with Gasteiger partial charge < -0.3 is 14.2 Å². The van der Waals surface area contributed by atoms with Gasteiger partial charge in [-0.05, 0) is 18.4 Å². The SMILES string of the molecule is C=C(C)C(=O)Oc1c(OC)c(OC)cc2ccccc12. The molecule has 0 atom stereocenters. The molecule has 0 spiro atoms. The second-order valence-corrected chi connectivity index (χ2v) is 4.33. The van der Waals surface area contributed by atoms with Crippen LogP contribution in [-0.4, -0.2) is 20.2 Å². The first-order valence-electron chi connectivity index (χ1n) is 6.10. The fourth-order valence-electron chi connectivity index (χ4n) is 1.90. The molecule has 0 radical (unpaired) electrons. The summed E-state index contributed by atoms with van der Waals surface area (Å²) in [5.41, 5.74) is 0.318. The average molecular weight is 272 g/mol. The molecule has 0 aliphatic carbocycles. The van der Waals surface area contributed by atoms with Gasteiger partial charge in [0.25, 0.3) is 0 Å². The van der Waals surface area contributed by atoms with Crippen molar-refractivity contribution in [1.29, 1.82) is 0 Å². The monoisotopic (exact) mass is 272 g/mol. The minimum absolute atomic E-state index is 0.318. The van der Waals surface area contributed by atoms with Gasteiger partial charge in [0.05, 0.1) is 14.2 Å². The summed E-state index contributed by atoms with van der Waals surface area (Å²) in [6, 6.07) is 9.38. The van der Waals surface area contributed by atoms with E-state index in [1.807, 2.05) is 30.3 Å². The molecule has 0 aliphatic heterocycles. The van der Waals surface area contributed by atoms with Gasteiger partial charge in [-0.3, -0.25) is 0 Å². The van der Waals surface area contributed by atoms with Crippen LogP contribution in [0, 0.1) is 0 Å². The van der Waals surface area contributed by atoms with Crippen molar-refractivity contribution in [3.05, 3.63) is 42.5 Å². The van der Waals surface area contributed by atoms with Crippen molar-refractivity contribution in [3.8, 4) is 17.2 Å². The Bertz CT molecular complexity index is 673. The normalized spacial score (nSPS) is 10.2. The first-order chi connectivity index (χ1) is 9.58. The number of benzene rings is 2. The Morgan fingerprint density at radius 1 is 1.10 bits per heavy atom. The van der Waals surface area contributed by atoms with Crippen molar-refractivity contribution < 1.29 is 19.0 Å². The van der Waals surface area contributed by atoms with Crippen LogP contribution in [0.2, 0.25) is 0 Å². The number of fused-ring (bicyclic) bond motifs is 1. The van der Waals surface area contributed by atoms with E-state index in [0.29, 0.717) is 22.8 Å². The topological polar surface area (TPSA) is 44.8 Å². The minimum Gasteiger partial charge on any atom is -0.493 e. The van der Waals surface area contributed by atoms with E-state index >= 15 is 0 Å². The van der Waals surface area contributed by atoms with Gasteiger partial charge in [0, 0.05) is 11.0 Å². The maximum atomic E-state index is 11.8. The lowest BCUT2D eigenvalue weighted by molar-refractivity contribution is -0.130. The molecule has 0 bridgehead atoms. The van der Waals surface area contributed by atoms with Gasteiger partial charge in [-0.15, -0.1) is 0 Å². The fraction of sp³-hybridized carbons (Fsp3) is 0.188. The third-order valence-electron chi connectivity index (χ3n) is 2.89. The lowest BCUT2D eigenvalue weighted by Gasteiger charge is -2.15. The molecule has 0 N–H and O–H groups in total. The van der Waals surface area contributed by atoms with Crippen LogP contribution >= 0.6 is 0 Å². The van der Waals surface area contributed by atoms with Crippen LogP contribution in [0.3, 0.4) is 0 Å². The van der Waals surface area contributed by atoms with Gasteiger partial charge in [-0.25, -0.2) is 4.79 Å². The highest BCUT2D eigenvalue weighted by molar-refractivity contribution is 5.97. The molecule has 4 heteroatoms. The van der Waals surface area contributed by atoms with Crippen molar-refractivity contribution in [2.24, 2.45) is 0 Å². The van der Waals surface area contributed by atoms with E-state index in [1.54, 1.807) is 6.92 Å². The van der Waals surface area contributed by atoms with Crippen LogP contribution in [0.5, 0.6) is 17.2 Å². The molecule has 2 aromatic rings. The smallest absolute Gasteiger partial charge is 0.338 e. The first-order valence-corrected chi connectivity index (χ1v) is 6.10. The largest absolute Gasteiger partial charge is 0.493 e. The Hall–Kier alpha value is -2.49. The third kappa shape index (κ3) is 2.45. The summed E-state index contributed by atoms with van der Waals surface area (Å²) in [4.78, 5) is 11.8. The maximum Gasteiger partial charge on any atom is 0.338 e. The van der Waals surface area contributed by atoms with Gasteiger partial charge in [0.2, 0.25) is 5.75 Å². The van der Waals surface area contributed by atoms with E-state index in [2.05, 4.69) is 6.58 Å². The molecular formula is C16H16O4. The first kappa shape index (κ1) is 13.9. The molecule has 2 aromatic carbocycles. The second-order valence-electron chi connectivity index (χ2n) is 4.33. The second kappa shape index (κ2) is 5.65. The van der Waals surface area contributed by atoms with E-state index in [0.717, 1.165) is 10.8 Å². The molecule has 2 rings (SSSR count). The van der Waals surface area contributed by atoms with E-state index in [9.17, 15) is 4.79 Å². The number of carbonyl (C=O) groups excluding carboxylic acids is 1. The van der Waals surface area contributed by atoms with Crippen molar-refractivity contribution >= 4 is 16.7 Å². The number of ether oxygens (including phenoxy) is 3. The maximum absolute atomic E-state index is 11.8. The Labute approximate surface area is 117 Å². The molecule has 20 heavy (non-hydrogen) atoms. The zero-order chi connectivity index (χ0) is 14.7. The Kier molecular flexibility index (Phi) is 3.94. The van der Waals surface area contributed by atoms with Crippen LogP contribution in [-0.2, 0) is 4.79 Å². The van der Waals surface area contributed by atoms with Gasteiger partial charge in [0.15, 0.2) is 11.5 Å². The number of esters is 1. The molecule has 0 aliphatic rings. The highest BCUT2D eigenvalue weighted by Gasteiger charge is 2.19. The average Bonchev–Trinajstić information content (AvgIpc) is 2.46. The summed E-state index contributed by atoms with van der Waals surface area (Å²) >= 11 is 0. The van der Waals surface area contributed by atoms with Gasteiger partial charge in [-0.2, -0.15) is 0 Å². The Morgan fingerprint density at radius 2 is 1.80 bits per heavy atom. The molecule has 0 aromatic heterocycles. The highest BCUT2D eigenvalue weighted by atomic mass is 16.6. The molecular weight excluding hydrogens is 256 g/mol. The zero-order valence-corrected chi connectivity index (χ0v) is 11.7. The van der Waals surface area contributed by atoms with E-state index in [4.69, 9.17) is 14.2 Å². The van der Waals surface area contributed by atoms with Crippen LogP contribution in [0.25, 0.3) is 10.8 Å². The number of hydrogen-bond donors (Lipinski definition) is 0. The number of methoxy groups -OCH3 is 2. The lowest BCUT2D eigenvalue weighted by atomic mass is 10.1. The fourth-order valence-corrected chi connectivity index (χ4v) is 1.90. The summed E-state index contributed by atoms with van der Waals surface area (Å²) in [6.45, 7) is 5.18. The number of hydrogen-bond acceptors (Lipinski definition) is 4. The Balaban J connectivity index is 2.69. The van der Waals surface area contributed by atoms with Crippen molar-refractivity contribution in [3.63, 3.8) is 0 Å². The molecule has 0 amide bonds. The van der Waals surface area contributed by atoms with E-state index in [1.165, 1.54) is 14.2 Å². The van der Waals surface area contributed by atoms with Gasteiger partial charge >= 0.3 is 5.97 Å². The molecule has 0 saturated heterocycles. The standard InChI is InChI=1S/C16H16O4/c1-10(2)16(17)20-14-12-8-6-5-7-11(12)9-13(18-3)15(14)19-4/h5-9H,1H2,2-4H3. The highest BCUT2D eigenvalue weighted by Crippen LogP contribution is 2.43. The van der Waals surface area contributed by atoms with Crippen molar-refractivity contribution in [1.82, 2.24) is 0 Å². The molecule has 0 saturated carbocycles. The van der Waals surface area contributed by atoms with Crippen molar-refractivity contribution in [2.75, 3.05) is 14.2 Å². The Morgan fingerprint density at radius 3 is 2.40 bits per heavy atom. The van der Waals surface area contributed by atoms with Crippen LogP contribution in [0.4, 0.5) is 0 Å². The minimum atomic E-state index is -0.498. The molecule has 0 heterocycles. The molecule has 4 nitrogen and oxygen atoms in total. The summed E-state index contributed by atoms with van der Waals surface area (Å²) in [5.74, 6) is 0.744. The van der Waals surface area contributed by atoms with Gasteiger partial charge in [-0.1, -0.05) is 30.8 Å². The molecule has 0 unspecified atom stereocenters. The zero-order valence-electron chi connectivity index (χ0n) is 11.7. The summed E-state index contributed by atoms with van der Waals surface area (Å²) < 4.78 is 16.0. The predicted octanol–water partition coefficient (Wildman–Crippen LogP) is 3.34. The quantitative estimate of drug-likeness (QED) is 0.486. The van der Waals surface area contributed by atoms with E-state index in [-0.39, 0.29) is 0 Å². The van der Waals surface area contributed by atoms with Crippen LogP contribution in [0.15, 0.2) is 42.5 Å².